The van der Waals surface area contributed by atoms with E-state index < -0.39 is 14.4 Å². The molecule has 0 fully saturated rings. The minimum absolute atomic E-state index is 0.0153. The molecule has 0 spiro atoms. The smallest absolute Gasteiger partial charge is 0.315 e. The van der Waals surface area contributed by atoms with Gasteiger partial charge in [-0.2, -0.15) is 0 Å². The van der Waals surface area contributed by atoms with Crippen molar-refractivity contribution in [3.05, 3.63) is 0 Å². The summed E-state index contributed by atoms with van der Waals surface area (Å²) in [5.41, 5.74) is 0. The Bertz CT molecular complexity index is 281. The highest BCUT2D eigenvalue weighted by Gasteiger charge is 2.41. The number of hydrogen-bond donors (Lipinski definition) is 1. The summed E-state index contributed by atoms with van der Waals surface area (Å²) in [7, 11) is -2.08. The van der Waals surface area contributed by atoms with Crippen molar-refractivity contribution < 1.29 is 14.0 Å². The van der Waals surface area contributed by atoms with Gasteiger partial charge in [0.2, 0.25) is 5.91 Å². The normalized spacial score (nSPS) is 14.2. The van der Waals surface area contributed by atoms with Gasteiger partial charge in [0.05, 0.1) is 0 Å². The molecule has 0 rings (SSSR count). The molecule has 1 atom stereocenters. The minimum atomic E-state index is -2.08. The fourth-order valence-electron chi connectivity index (χ4n) is 0.857. The molecule has 4 nitrogen and oxygen atoms in total. The second kappa shape index (κ2) is 4.99. The summed E-state index contributed by atoms with van der Waals surface area (Å²) in [6.45, 7) is 13.2. The molecule has 1 unspecified atom stereocenters. The van der Waals surface area contributed by atoms with Gasteiger partial charge in [-0.25, -0.2) is 0 Å². The van der Waals surface area contributed by atoms with E-state index in [-0.39, 0.29) is 16.9 Å². The minimum Gasteiger partial charge on any atom is -0.518 e. The maximum absolute atomic E-state index is 11.7. The molecule has 94 valence electrons. The van der Waals surface area contributed by atoms with Crippen molar-refractivity contribution in [2.24, 2.45) is 0 Å². The van der Waals surface area contributed by atoms with Crippen molar-refractivity contribution in [2.45, 2.75) is 58.8 Å². The number of hydrogen-bond acceptors (Lipinski definition) is 3. The van der Waals surface area contributed by atoms with E-state index in [9.17, 15) is 9.59 Å². The van der Waals surface area contributed by atoms with Gasteiger partial charge in [-0.15, -0.1) is 0 Å². The summed E-state index contributed by atoms with van der Waals surface area (Å²) >= 11 is 0. The van der Waals surface area contributed by atoms with Crippen molar-refractivity contribution in [3.63, 3.8) is 0 Å². The molecular weight excluding hydrogens is 222 g/mol. The average molecular weight is 245 g/mol. The molecule has 0 saturated heterocycles. The molecule has 0 radical (unpaired) electrons. The lowest BCUT2D eigenvalue weighted by molar-refractivity contribution is -0.139. The highest BCUT2D eigenvalue weighted by Crippen LogP contribution is 2.36. The fraction of sp³-hybridized carbons (Fsp3) is 0.818. The monoisotopic (exact) mass is 245 g/mol. The Morgan fingerprint density at radius 2 is 1.69 bits per heavy atom. The van der Waals surface area contributed by atoms with E-state index in [4.69, 9.17) is 4.43 Å². The van der Waals surface area contributed by atoms with Gasteiger partial charge in [-0.05, 0) is 25.1 Å². The van der Waals surface area contributed by atoms with Crippen LogP contribution in [-0.2, 0) is 14.0 Å². The van der Waals surface area contributed by atoms with E-state index in [0.717, 1.165) is 0 Å². The van der Waals surface area contributed by atoms with E-state index in [1.165, 1.54) is 6.92 Å². The van der Waals surface area contributed by atoms with Crippen LogP contribution < -0.4 is 5.32 Å². The zero-order valence-electron chi connectivity index (χ0n) is 11.3. The Morgan fingerprint density at radius 3 is 2.00 bits per heavy atom. The number of amides is 1. The van der Waals surface area contributed by atoms with E-state index in [1.54, 1.807) is 6.92 Å². The van der Waals surface area contributed by atoms with Crippen molar-refractivity contribution in [3.8, 4) is 0 Å². The number of carbonyl (C=O) groups excluding carboxylic acids is 2. The maximum atomic E-state index is 11.7. The quantitative estimate of drug-likeness (QED) is 0.774. The molecule has 0 bridgehead atoms. The van der Waals surface area contributed by atoms with Crippen LogP contribution in [0.3, 0.4) is 0 Å². The van der Waals surface area contributed by atoms with Crippen LogP contribution in [0.25, 0.3) is 0 Å². The first-order valence-corrected chi connectivity index (χ1v) is 8.38. The molecule has 0 aromatic rings. The van der Waals surface area contributed by atoms with Crippen LogP contribution in [0.5, 0.6) is 0 Å². The third-order valence-electron chi connectivity index (χ3n) is 2.94. The molecular formula is C11H23NO3Si. The van der Waals surface area contributed by atoms with Crippen LogP contribution in [0.2, 0.25) is 18.1 Å². The first-order valence-electron chi connectivity index (χ1n) is 5.47. The molecule has 1 amide bonds. The van der Waals surface area contributed by atoms with Gasteiger partial charge in [0, 0.05) is 6.92 Å². The van der Waals surface area contributed by atoms with Crippen molar-refractivity contribution in [1.82, 2.24) is 5.32 Å². The van der Waals surface area contributed by atoms with Gasteiger partial charge < -0.3 is 9.74 Å². The Morgan fingerprint density at radius 1 is 1.25 bits per heavy atom. The average Bonchev–Trinajstić information content (AvgIpc) is 1.99. The van der Waals surface area contributed by atoms with E-state index in [0.29, 0.717) is 0 Å². The predicted molar refractivity (Wildman–Crippen MR) is 66.6 cm³/mol. The summed E-state index contributed by atoms with van der Waals surface area (Å²) in [5, 5.41) is 2.51. The molecule has 0 aliphatic carbocycles. The lowest BCUT2D eigenvalue weighted by Crippen LogP contribution is -2.48. The summed E-state index contributed by atoms with van der Waals surface area (Å²) in [6.07, 6.45) is 0. The van der Waals surface area contributed by atoms with Gasteiger partial charge in [0.15, 0.2) is 0 Å². The molecule has 1 N–H and O–H groups in total. The maximum Gasteiger partial charge on any atom is 0.315 e. The van der Waals surface area contributed by atoms with Crippen molar-refractivity contribution in [2.75, 3.05) is 0 Å². The summed E-state index contributed by atoms with van der Waals surface area (Å²) in [4.78, 5) is 22.6. The van der Waals surface area contributed by atoms with Crippen molar-refractivity contribution >= 4 is 20.2 Å². The Balaban J connectivity index is 4.51. The van der Waals surface area contributed by atoms with Gasteiger partial charge in [0.1, 0.15) is 6.04 Å². The summed E-state index contributed by atoms with van der Waals surface area (Å²) < 4.78 is 5.55. The largest absolute Gasteiger partial charge is 0.518 e. The summed E-state index contributed by atoms with van der Waals surface area (Å²) in [5.74, 6) is -0.568. The van der Waals surface area contributed by atoms with E-state index >= 15 is 0 Å². The lowest BCUT2D eigenvalue weighted by atomic mass is 10.2. The zero-order chi connectivity index (χ0) is 13.1. The number of carbonyl (C=O) groups is 2. The predicted octanol–water partition coefficient (Wildman–Crippen LogP) is 2.06. The van der Waals surface area contributed by atoms with Crippen LogP contribution in [0.1, 0.15) is 34.6 Å². The number of nitrogens with one attached hydrogen (secondary N) is 1. The Labute approximate surface area is 98.9 Å². The molecule has 16 heavy (non-hydrogen) atoms. The van der Waals surface area contributed by atoms with E-state index in [2.05, 4.69) is 26.1 Å². The van der Waals surface area contributed by atoms with E-state index in [1.807, 2.05) is 13.1 Å². The Hall–Kier alpha value is -0.843. The molecule has 0 aromatic carbocycles. The Kier molecular flexibility index (Phi) is 4.73. The summed E-state index contributed by atoms with van der Waals surface area (Å²) in [6, 6.07) is -0.577. The second-order valence-electron chi connectivity index (χ2n) is 5.60. The lowest BCUT2D eigenvalue weighted by Gasteiger charge is -2.36. The van der Waals surface area contributed by atoms with Crippen LogP contribution in [0.15, 0.2) is 0 Å². The molecule has 0 aliphatic rings. The third-order valence-corrected chi connectivity index (χ3v) is 7.26. The third kappa shape index (κ3) is 4.34. The van der Waals surface area contributed by atoms with Gasteiger partial charge >= 0.3 is 5.97 Å². The standard InChI is InChI=1S/C11H23NO3Si/c1-8(12-9(2)13)10(14)15-16(6,7)11(3,4)5/h8H,1-7H3,(H,12,13). The van der Waals surface area contributed by atoms with Gasteiger partial charge in [0.25, 0.3) is 8.32 Å². The zero-order valence-corrected chi connectivity index (χ0v) is 12.3. The second-order valence-corrected chi connectivity index (χ2v) is 10.3. The molecule has 0 aliphatic heterocycles. The molecule has 0 heterocycles. The highest BCUT2D eigenvalue weighted by molar-refractivity contribution is 6.75. The van der Waals surface area contributed by atoms with Crippen molar-refractivity contribution in [1.29, 1.82) is 0 Å². The first kappa shape index (κ1) is 15.2. The van der Waals surface area contributed by atoms with Gasteiger partial charge in [-0.3, -0.25) is 9.59 Å². The van der Waals surface area contributed by atoms with Crippen LogP contribution in [0.4, 0.5) is 0 Å². The SMILES string of the molecule is CC(=O)NC(C)C(=O)O[Si](C)(C)C(C)(C)C. The van der Waals surface area contributed by atoms with Crippen LogP contribution in [-0.4, -0.2) is 26.2 Å². The molecule has 5 heteroatoms. The topological polar surface area (TPSA) is 55.4 Å². The number of rotatable bonds is 3. The molecule has 0 saturated carbocycles. The molecule has 0 aromatic heterocycles. The highest BCUT2D eigenvalue weighted by atomic mass is 28.4. The van der Waals surface area contributed by atoms with Gasteiger partial charge in [-0.1, -0.05) is 20.8 Å². The fourth-order valence-corrected chi connectivity index (χ4v) is 1.84. The van der Waals surface area contributed by atoms with Crippen LogP contribution >= 0.6 is 0 Å². The first-order chi connectivity index (χ1) is 6.97. The van der Waals surface area contributed by atoms with Crippen LogP contribution in [0, 0.1) is 0 Å².